The molecule has 2 heterocycles. The number of nitrogens with one attached hydrogen (secondary N) is 2. The van der Waals surface area contributed by atoms with E-state index >= 15 is 0 Å². The molecule has 1 aromatic carbocycles. The van der Waals surface area contributed by atoms with Crippen molar-refractivity contribution in [3.63, 3.8) is 0 Å². The molecule has 0 unspecified atom stereocenters. The number of pyridine rings is 1. The molecule has 0 radical (unpaired) electrons. The number of methoxy groups -OCH3 is 1. The minimum Gasteiger partial charge on any atom is -0.383 e. The van der Waals surface area contributed by atoms with Crippen LogP contribution in [-0.4, -0.2) is 41.1 Å². The van der Waals surface area contributed by atoms with Crippen LogP contribution in [0.4, 0.5) is 0 Å². The van der Waals surface area contributed by atoms with Crippen molar-refractivity contribution in [1.29, 1.82) is 0 Å². The number of hydrogen-bond acceptors (Lipinski definition) is 4. The summed E-state index contributed by atoms with van der Waals surface area (Å²) in [7, 11) is 1.59. The number of halogens is 1. The van der Waals surface area contributed by atoms with Crippen LogP contribution in [0, 0.1) is 0 Å². The number of aromatic amines is 1. The lowest BCUT2D eigenvalue weighted by Crippen LogP contribution is -2.28. The standard InChI is InChI=1S/C15H15ClN4O2/c1-22-5-4-17-14(21)7-13-19-12-8-18-11-3-2-9(16)6-10(11)15(12)20-13/h2-3,6,8H,4-5,7H2,1H3,(H,17,21)(H,19,20). The maximum atomic E-state index is 11.8. The Morgan fingerprint density at radius 2 is 2.32 bits per heavy atom. The number of H-pyrrole nitrogens is 1. The highest BCUT2D eigenvalue weighted by Crippen LogP contribution is 2.24. The first-order valence-corrected chi connectivity index (χ1v) is 7.23. The molecule has 3 aromatic rings. The molecule has 7 heteroatoms. The number of ether oxygens (including phenoxy) is 1. The summed E-state index contributed by atoms with van der Waals surface area (Å²) in [5.74, 6) is 0.491. The fourth-order valence-corrected chi connectivity index (χ4v) is 2.44. The Morgan fingerprint density at radius 3 is 3.14 bits per heavy atom. The third kappa shape index (κ3) is 3.03. The molecular weight excluding hydrogens is 304 g/mol. The molecule has 0 fully saturated rings. The number of benzene rings is 1. The van der Waals surface area contributed by atoms with Crippen molar-refractivity contribution in [3.8, 4) is 0 Å². The van der Waals surface area contributed by atoms with Gasteiger partial charge in [-0.2, -0.15) is 0 Å². The van der Waals surface area contributed by atoms with Crippen LogP contribution in [0.5, 0.6) is 0 Å². The van der Waals surface area contributed by atoms with E-state index in [4.69, 9.17) is 16.3 Å². The maximum absolute atomic E-state index is 11.8. The van der Waals surface area contributed by atoms with E-state index in [9.17, 15) is 4.79 Å². The summed E-state index contributed by atoms with van der Waals surface area (Å²) in [5, 5.41) is 4.26. The van der Waals surface area contributed by atoms with Gasteiger partial charge in [0.25, 0.3) is 0 Å². The fourth-order valence-electron chi connectivity index (χ4n) is 2.27. The summed E-state index contributed by atoms with van der Waals surface area (Å²) in [6.45, 7) is 0.967. The number of rotatable bonds is 5. The van der Waals surface area contributed by atoms with Crippen LogP contribution in [-0.2, 0) is 16.0 Å². The van der Waals surface area contributed by atoms with Crippen molar-refractivity contribution in [2.45, 2.75) is 6.42 Å². The number of hydrogen-bond donors (Lipinski definition) is 2. The minimum absolute atomic E-state index is 0.105. The average molecular weight is 319 g/mol. The highest BCUT2D eigenvalue weighted by Gasteiger charge is 2.11. The molecule has 1 amide bonds. The molecule has 0 aliphatic rings. The van der Waals surface area contributed by atoms with Crippen molar-refractivity contribution in [1.82, 2.24) is 20.3 Å². The topological polar surface area (TPSA) is 79.9 Å². The molecule has 3 rings (SSSR count). The van der Waals surface area contributed by atoms with Gasteiger partial charge < -0.3 is 15.0 Å². The summed E-state index contributed by atoms with van der Waals surface area (Å²) in [4.78, 5) is 23.8. The molecule has 2 aromatic heterocycles. The Bertz CT molecular complexity index is 831. The molecule has 0 saturated heterocycles. The average Bonchev–Trinajstić information content (AvgIpc) is 2.90. The molecule has 6 nitrogen and oxygen atoms in total. The summed E-state index contributed by atoms with van der Waals surface area (Å²) in [6, 6.07) is 5.47. The molecule has 22 heavy (non-hydrogen) atoms. The van der Waals surface area contributed by atoms with Crippen LogP contribution in [0.15, 0.2) is 24.4 Å². The van der Waals surface area contributed by atoms with Gasteiger partial charge in [-0.1, -0.05) is 11.6 Å². The van der Waals surface area contributed by atoms with E-state index in [1.165, 1.54) is 0 Å². The van der Waals surface area contributed by atoms with Gasteiger partial charge in [0.1, 0.15) is 5.82 Å². The summed E-state index contributed by atoms with van der Waals surface area (Å²) < 4.78 is 4.89. The lowest BCUT2D eigenvalue weighted by Gasteiger charge is -2.02. The van der Waals surface area contributed by atoms with E-state index in [2.05, 4.69) is 20.3 Å². The van der Waals surface area contributed by atoms with E-state index in [-0.39, 0.29) is 12.3 Å². The number of amides is 1. The Hall–Kier alpha value is -2.18. The predicted octanol–water partition coefficient (Wildman–Crippen LogP) is 2.07. The van der Waals surface area contributed by atoms with Gasteiger partial charge in [0, 0.05) is 24.1 Å². The second kappa shape index (κ2) is 6.29. The molecule has 0 aliphatic carbocycles. The Kier molecular flexibility index (Phi) is 4.22. The first kappa shape index (κ1) is 14.7. The van der Waals surface area contributed by atoms with Gasteiger partial charge in [-0.15, -0.1) is 0 Å². The SMILES string of the molecule is COCCNC(=O)Cc1nc2c(cnc3ccc(Cl)cc32)[nH]1. The van der Waals surface area contributed by atoms with Crippen LogP contribution in [0.2, 0.25) is 5.02 Å². The van der Waals surface area contributed by atoms with Crippen molar-refractivity contribution in [2.75, 3.05) is 20.3 Å². The smallest absolute Gasteiger partial charge is 0.227 e. The van der Waals surface area contributed by atoms with Gasteiger partial charge in [-0.25, -0.2) is 4.98 Å². The van der Waals surface area contributed by atoms with Gasteiger partial charge in [0.2, 0.25) is 5.91 Å². The van der Waals surface area contributed by atoms with Gasteiger partial charge in [-0.3, -0.25) is 9.78 Å². The van der Waals surface area contributed by atoms with Crippen LogP contribution < -0.4 is 5.32 Å². The van der Waals surface area contributed by atoms with Crippen molar-refractivity contribution in [2.24, 2.45) is 0 Å². The Balaban J connectivity index is 1.88. The van der Waals surface area contributed by atoms with Crippen LogP contribution in [0.3, 0.4) is 0 Å². The molecule has 0 atom stereocenters. The molecule has 0 spiro atoms. The summed E-state index contributed by atoms with van der Waals surface area (Å²) >= 11 is 6.04. The highest BCUT2D eigenvalue weighted by atomic mass is 35.5. The molecule has 0 saturated carbocycles. The zero-order chi connectivity index (χ0) is 15.5. The highest BCUT2D eigenvalue weighted by molar-refractivity contribution is 6.31. The van der Waals surface area contributed by atoms with Crippen molar-refractivity contribution < 1.29 is 9.53 Å². The van der Waals surface area contributed by atoms with Gasteiger partial charge >= 0.3 is 0 Å². The predicted molar refractivity (Wildman–Crippen MR) is 85.0 cm³/mol. The lowest BCUT2D eigenvalue weighted by molar-refractivity contribution is -0.120. The maximum Gasteiger partial charge on any atom is 0.227 e. The van der Waals surface area contributed by atoms with Gasteiger partial charge in [0.05, 0.1) is 35.8 Å². The normalized spacial score (nSPS) is 11.2. The van der Waals surface area contributed by atoms with Gasteiger partial charge in [0.15, 0.2) is 0 Å². The van der Waals surface area contributed by atoms with Crippen molar-refractivity contribution in [3.05, 3.63) is 35.2 Å². The number of carbonyl (C=O) groups is 1. The van der Waals surface area contributed by atoms with Crippen molar-refractivity contribution >= 4 is 39.4 Å². The van der Waals surface area contributed by atoms with Crippen LogP contribution >= 0.6 is 11.6 Å². The van der Waals surface area contributed by atoms with E-state index in [1.807, 2.05) is 12.1 Å². The van der Waals surface area contributed by atoms with E-state index in [0.717, 1.165) is 21.9 Å². The second-order valence-corrected chi connectivity index (χ2v) is 5.32. The van der Waals surface area contributed by atoms with Crippen LogP contribution in [0.1, 0.15) is 5.82 Å². The zero-order valence-electron chi connectivity index (χ0n) is 12.0. The third-order valence-corrected chi connectivity index (χ3v) is 3.52. The number of fused-ring (bicyclic) bond motifs is 3. The van der Waals surface area contributed by atoms with Gasteiger partial charge in [-0.05, 0) is 18.2 Å². The quantitative estimate of drug-likeness (QED) is 0.706. The first-order valence-electron chi connectivity index (χ1n) is 6.86. The monoisotopic (exact) mass is 318 g/mol. The molecule has 0 aliphatic heterocycles. The number of imidazole rings is 1. The molecule has 114 valence electrons. The van der Waals surface area contributed by atoms with E-state index in [0.29, 0.717) is 24.0 Å². The molecule has 0 bridgehead atoms. The number of aromatic nitrogens is 3. The molecular formula is C15H15ClN4O2. The first-order chi connectivity index (χ1) is 10.7. The second-order valence-electron chi connectivity index (χ2n) is 4.88. The molecule has 2 N–H and O–H groups in total. The van der Waals surface area contributed by atoms with E-state index in [1.54, 1.807) is 19.4 Å². The third-order valence-electron chi connectivity index (χ3n) is 3.28. The zero-order valence-corrected chi connectivity index (χ0v) is 12.8. The largest absolute Gasteiger partial charge is 0.383 e. The van der Waals surface area contributed by atoms with E-state index < -0.39 is 0 Å². The Morgan fingerprint density at radius 1 is 1.45 bits per heavy atom. The van der Waals surface area contributed by atoms with Crippen LogP contribution in [0.25, 0.3) is 21.9 Å². The minimum atomic E-state index is -0.105. The summed E-state index contributed by atoms with van der Waals surface area (Å²) in [6.07, 6.45) is 1.89. The lowest BCUT2D eigenvalue weighted by atomic mass is 10.2. The fraction of sp³-hybridized carbons (Fsp3) is 0.267. The number of nitrogens with zero attached hydrogens (tertiary/aromatic N) is 2. The summed E-state index contributed by atoms with van der Waals surface area (Å²) in [5.41, 5.74) is 2.38. The number of carbonyl (C=O) groups excluding carboxylic acids is 1. The Labute approximate surface area is 131 Å².